The first-order chi connectivity index (χ1) is 15.7. The smallest absolute Gasteiger partial charge is 0.127 e. The summed E-state index contributed by atoms with van der Waals surface area (Å²) in [6, 6.07) is 8.47. The third-order valence-corrected chi connectivity index (χ3v) is 6.77. The van der Waals surface area contributed by atoms with Gasteiger partial charge in [0.2, 0.25) is 0 Å². The summed E-state index contributed by atoms with van der Waals surface area (Å²) in [5.41, 5.74) is 5.97. The number of rotatable bonds is 8. The van der Waals surface area contributed by atoms with E-state index in [4.69, 9.17) is 9.98 Å². The van der Waals surface area contributed by atoms with Crippen LogP contribution in [0.4, 0.5) is 0 Å². The fourth-order valence-corrected chi connectivity index (χ4v) is 4.60. The second kappa shape index (κ2) is 11.0. The van der Waals surface area contributed by atoms with Crippen molar-refractivity contribution in [1.29, 1.82) is 0 Å². The predicted molar refractivity (Wildman–Crippen MR) is 140 cm³/mol. The topological polar surface area (TPSA) is 65.2 Å². The van der Waals surface area contributed by atoms with Crippen LogP contribution in [-0.2, 0) is 12.8 Å². The van der Waals surface area contributed by atoms with E-state index >= 15 is 0 Å². The fraction of sp³-hybridized carbons (Fsp3) is 0.517. The highest BCUT2D eigenvalue weighted by Gasteiger charge is 2.26. The fourth-order valence-electron chi connectivity index (χ4n) is 4.60. The van der Waals surface area contributed by atoms with Gasteiger partial charge >= 0.3 is 0 Å². The Morgan fingerprint density at radius 1 is 0.758 bits per heavy atom. The van der Waals surface area contributed by atoms with Gasteiger partial charge in [-0.15, -0.1) is 0 Å². The second-order valence-electron chi connectivity index (χ2n) is 9.88. The lowest BCUT2D eigenvalue weighted by molar-refractivity contribution is 0.463. The summed E-state index contributed by atoms with van der Waals surface area (Å²) >= 11 is 0. The van der Waals surface area contributed by atoms with Crippen LogP contribution >= 0.6 is 0 Å². The monoisotopic (exact) mass is 448 g/mol. The van der Waals surface area contributed by atoms with Crippen LogP contribution in [0.2, 0.25) is 0 Å². The zero-order valence-electron chi connectivity index (χ0n) is 21.1. The van der Waals surface area contributed by atoms with Crippen molar-refractivity contribution in [3.05, 3.63) is 57.6 Å². The van der Waals surface area contributed by atoms with Gasteiger partial charge < -0.3 is 10.2 Å². The number of phenolic OH excluding ortho intramolecular Hbond substituents is 2. The number of aliphatic imine (C=N–C) groups is 2. The van der Waals surface area contributed by atoms with Crippen LogP contribution < -0.4 is 0 Å². The Balaban J connectivity index is 1.85. The number of hydrogen-bond acceptors (Lipinski definition) is 4. The summed E-state index contributed by atoms with van der Waals surface area (Å²) in [5, 5.41) is 21.5. The predicted octanol–water partition coefficient (Wildman–Crippen LogP) is 6.93. The maximum Gasteiger partial charge on any atom is 0.127 e. The first-order valence-electron chi connectivity index (χ1n) is 12.5. The van der Waals surface area contributed by atoms with Crippen LogP contribution in [0.25, 0.3) is 0 Å². The van der Waals surface area contributed by atoms with Gasteiger partial charge in [0.15, 0.2) is 0 Å². The van der Waals surface area contributed by atoms with Crippen molar-refractivity contribution in [2.45, 2.75) is 97.6 Å². The summed E-state index contributed by atoms with van der Waals surface area (Å²) in [6.45, 7) is 12.7. The minimum absolute atomic E-state index is 0.0921. The molecule has 0 bridgehead atoms. The Morgan fingerprint density at radius 3 is 1.48 bits per heavy atom. The first kappa shape index (κ1) is 25.0. The van der Waals surface area contributed by atoms with Crippen LogP contribution in [-0.4, -0.2) is 34.7 Å². The maximum absolute atomic E-state index is 10.8. The average Bonchev–Trinajstić information content (AvgIpc) is 3.24. The molecule has 1 fully saturated rings. The Kier molecular flexibility index (Phi) is 8.34. The molecule has 33 heavy (non-hydrogen) atoms. The van der Waals surface area contributed by atoms with Gasteiger partial charge in [-0.1, -0.05) is 53.7 Å². The highest BCUT2D eigenvalue weighted by atomic mass is 16.3. The second-order valence-corrected chi connectivity index (χ2v) is 9.88. The number of aryl methyl sites for hydroxylation is 2. The van der Waals surface area contributed by atoms with Gasteiger partial charge in [0.1, 0.15) is 11.5 Å². The van der Waals surface area contributed by atoms with E-state index in [0.29, 0.717) is 11.5 Å². The van der Waals surface area contributed by atoms with Gasteiger partial charge in [-0.2, -0.15) is 0 Å². The first-order valence-corrected chi connectivity index (χ1v) is 12.5. The standard InChI is InChI=1S/C29H40N2O2/c1-7-20-12-22(28(32)24(14-20)18(3)4)16-30-26-10-9-11-27(26)31-17-23-13-21(8-2)15-25(19(5)6)29(23)33/h12-19,26-27,32-33H,7-11H2,1-6H3. The Hall–Kier alpha value is -2.62. The molecule has 0 aliphatic heterocycles. The highest BCUT2D eigenvalue weighted by Crippen LogP contribution is 2.32. The molecule has 2 aromatic rings. The lowest BCUT2D eigenvalue weighted by atomic mass is 9.95. The lowest BCUT2D eigenvalue weighted by Crippen LogP contribution is -2.16. The molecule has 2 unspecified atom stereocenters. The average molecular weight is 449 g/mol. The summed E-state index contributed by atoms with van der Waals surface area (Å²) in [5.74, 6) is 1.20. The van der Waals surface area contributed by atoms with Gasteiger partial charge in [0, 0.05) is 23.6 Å². The molecule has 3 rings (SSSR count). The molecule has 4 nitrogen and oxygen atoms in total. The number of aromatic hydroxyl groups is 2. The molecular formula is C29H40N2O2. The van der Waals surface area contributed by atoms with E-state index < -0.39 is 0 Å². The molecule has 1 aliphatic carbocycles. The van der Waals surface area contributed by atoms with Crippen LogP contribution in [0.1, 0.15) is 106 Å². The van der Waals surface area contributed by atoms with E-state index in [-0.39, 0.29) is 23.9 Å². The van der Waals surface area contributed by atoms with Gasteiger partial charge in [0.25, 0.3) is 0 Å². The summed E-state index contributed by atoms with van der Waals surface area (Å²) in [7, 11) is 0. The molecule has 4 heteroatoms. The van der Waals surface area contributed by atoms with Crippen LogP contribution in [0.15, 0.2) is 34.3 Å². The normalized spacial score (nSPS) is 19.0. The van der Waals surface area contributed by atoms with Crippen molar-refractivity contribution < 1.29 is 10.2 Å². The lowest BCUT2D eigenvalue weighted by Gasteiger charge is -2.15. The molecule has 2 aromatic carbocycles. The van der Waals surface area contributed by atoms with E-state index in [1.54, 1.807) is 0 Å². The number of nitrogens with zero attached hydrogens (tertiary/aromatic N) is 2. The van der Waals surface area contributed by atoms with Crippen molar-refractivity contribution >= 4 is 12.4 Å². The minimum Gasteiger partial charge on any atom is -0.507 e. The van der Waals surface area contributed by atoms with E-state index in [2.05, 4.69) is 53.7 Å². The zero-order chi connectivity index (χ0) is 24.1. The molecule has 1 saturated carbocycles. The van der Waals surface area contributed by atoms with Crippen LogP contribution in [0.5, 0.6) is 11.5 Å². The number of hydrogen-bond donors (Lipinski definition) is 2. The zero-order valence-corrected chi connectivity index (χ0v) is 21.1. The largest absolute Gasteiger partial charge is 0.507 e. The van der Waals surface area contributed by atoms with Crippen LogP contribution in [0, 0.1) is 0 Å². The molecule has 0 aromatic heterocycles. The van der Waals surface area contributed by atoms with Crippen molar-refractivity contribution in [2.24, 2.45) is 9.98 Å². The van der Waals surface area contributed by atoms with E-state index in [1.807, 2.05) is 24.6 Å². The van der Waals surface area contributed by atoms with Gasteiger partial charge in [-0.05, 0) is 78.3 Å². The number of benzene rings is 2. The molecule has 0 saturated heterocycles. The third kappa shape index (κ3) is 5.85. The molecule has 0 radical (unpaired) electrons. The van der Waals surface area contributed by atoms with Gasteiger partial charge in [0.05, 0.1) is 12.1 Å². The van der Waals surface area contributed by atoms with E-state index in [1.165, 1.54) is 11.1 Å². The van der Waals surface area contributed by atoms with Crippen molar-refractivity contribution in [3.8, 4) is 11.5 Å². The SMILES string of the molecule is CCc1cc(C=NC2CCCC2N=Cc2cc(CC)cc(C(C)C)c2O)c(O)c(C(C)C)c1. The molecule has 178 valence electrons. The molecule has 0 amide bonds. The van der Waals surface area contributed by atoms with Crippen molar-refractivity contribution in [1.82, 2.24) is 0 Å². The number of phenols is 2. The molecule has 0 heterocycles. The van der Waals surface area contributed by atoms with Crippen molar-refractivity contribution in [2.75, 3.05) is 0 Å². The molecule has 2 N–H and O–H groups in total. The summed E-state index contributed by atoms with van der Waals surface area (Å²) in [4.78, 5) is 9.73. The molecule has 2 atom stereocenters. The van der Waals surface area contributed by atoms with Gasteiger partial charge in [-0.25, -0.2) is 0 Å². The van der Waals surface area contributed by atoms with E-state index in [0.717, 1.165) is 54.4 Å². The molecule has 0 spiro atoms. The quantitative estimate of drug-likeness (QED) is 0.430. The maximum atomic E-state index is 10.8. The summed E-state index contributed by atoms with van der Waals surface area (Å²) < 4.78 is 0. The summed E-state index contributed by atoms with van der Waals surface area (Å²) in [6.07, 6.45) is 8.59. The van der Waals surface area contributed by atoms with Gasteiger partial charge in [-0.3, -0.25) is 9.98 Å². The van der Waals surface area contributed by atoms with Crippen molar-refractivity contribution in [3.63, 3.8) is 0 Å². The Bertz CT molecular complexity index is 939. The minimum atomic E-state index is 0.0921. The third-order valence-electron chi connectivity index (χ3n) is 6.77. The van der Waals surface area contributed by atoms with Crippen LogP contribution in [0.3, 0.4) is 0 Å². The van der Waals surface area contributed by atoms with E-state index in [9.17, 15) is 10.2 Å². The Morgan fingerprint density at radius 2 is 1.15 bits per heavy atom. The molecule has 1 aliphatic rings. The molecular weight excluding hydrogens is 408 g/mol. The Labute approximate surface area is 199 Å². The highest BCUT2D eigenvalue weighted by molar-refractivity contribution is 5.86.